The summed E-state index contributed by atoms with van der Waals surface area (Å²) in [7, 11) is 0. The summed E-state index contributed by atoms with van der Waals surface area (Å²) in [5, 5.41) is 13.1. The highest BCUT2D eigenvalue weighted by molar-refractivity contribution is 4.97. The number of nitrogens with zero attached hydrogens (tertiary/aromatic N) is 2. The van der Waals surface area contributed by atoms with Gasteiger partial charge < -0.3 is 9.84 Å². The minimum atomic E-state index is 0.0240. The maximum absolute atomic E-state index is 8.85. The fraction of sp³-hybridized carbons (Fsp3) is 0.667. The minimum absolute atomic E-state index is 0.0240. The van der Waals surface area contributed by atoms with Crippen LogP contribution in [0.15, 0.2) is 12.3 Å². The van der Waals surface area contributed by atoms with Crippen LogP contribution in [-0.2, 0) is 11.3 Å². The van der Waals surface area contributed by atoms with Gasteiger partial charge in [-0.2, -0.15) is 5.10 Å². The molecule has 1 N–H and O–H groups in total. The van der Waals surface area contributed by atoms with Crippen LogP contribution >= 0.6 is 0 Å². The number of rotatable bonds is 2. The third kappa shape index (κ3) is 1.89. The van der Waals surface area contributed by atoms with Crippen LogP contribution in [0.4, 0.5) is 0 Å². The molecule has 1 aromatic rings. The van der Waals surface area contributed by atoms with Crippen molar-refractivity contribution < 1.29 is 9.84 Å². The summed E-state index contributed by atoms with van der Waals surface area (Å²) in [5.74, 6) is 0. The van der Waals surface area contributed by atoms with Gasteiger partial charge in [0.1, 0.15) is 0 Å². The fourth-order valence-corrected chi connectivity index (χ4v) is 1.61. The van der Waals surface area contributed by atoms with E-state index in [2.05, 4.69) is 5.10 Å². The number of hydrogen-bond donors (Lipinski definition) is 1. The first-order valence-electron chi connectivity index (χ1n) is 4.63. The zero-order chi connectivity index (χ0) is 9.10. The topological polar surface area (TPSA) is 47.3 Å². The molecule has 0 aliphatic carbocycles. The quantitative estimate of drug-likeness (QED) is 0.733. The zero-order valence-corrected chi connectivity index (χ0v) is 7.52. The first-order valence-corrected chi connectivity index (χ1v) is 4.63. The molecule has 1 saturated heterocycles. The standard InChI is InChI=1S/C9H14N2O2/c12-7-8-1-4-11(10-8)9-2-5-13-6-3-9/h1,4,9,12H,2-3,5-7H2. The molecular weight excluding hydrogens is 168 g/mol. The van der Waals surface area contributed by atoms with Crippen LogP contribution in [0.2, 0.25) is 0 Å². The summed E-state index contributed by atoms with van der Waals surface area (Å²) >= 11 is 0. The molecule has 72 valence electrons. The Labute approximate surface area is 77.1 Å². The first kappa shape index (κ1) is 8.72. The molecule has 13 heavy (non-hydrogen) atoms. The van der Waals surface area contributed by atoms with Crippen LogP contribution in [-0.4, -0.2) is 28.1 Å². The smallest absolute Gasteiger partial charge is 0.0879 e. The van der Waals surface area contributed by atoms with Crippen LogP contribution in [0, 0.1) is 0 Å². The number of hydrogen-bond acceptors (Lipinski definition) is 3. The van der Waals surface area contributed by atoms with Gasteiger partial charge in [-0.1, -0.05) is 0 Å². The van der Waals surface area contributed by atoms with Crippen molar-refractivity contribution in [3.8, 4) is 0 Å². The van der Waals surface area contributed by atoms with Gasteiger partial charge in [0.25, 0.3) is 0 Å². The molecule has 0 amide bonds. The summed E-state index contributed by atoms with van der Waals surface area (Å²) in [4.78, 5) is 0. The molecule has 0 atom stereocenters. The molecule has 0 bridgehead atoms. The normalized spacial score (nSPS) is 19.2. The predicted molar refractivity (Wildman–Crippen MR) is 47.2 cm³/mol. The van der Waals surface area contributed by atoms with Crippen LogP contribution in [0.1, 0.15) is 24.6 Å². The third-order valence-electron chi connectivity index (χ3n) is 2.39. The van der Waals surface area contributed by atoms with Gasteiger partial charge in [-0.05, 0) is 18.9 Å². The van der Waals surface area contributed by atoms with E-state index in [1.54, 1.807) is 0 Å². The lowest BCUT2D eigenvalue weighted by atomic mass is 10.1. The first-order chi connectivity index (χ1) is 6.40. The van der Waals surface area contributed by atoms with Crippen LogP contribution in [0.3, 0.4) is 0 Å². The summed E-state index contributed by atoms with van der Waals surface area (Å²) < 4.78 is 7.20. The van der Waals surface area contributed by atoms with Crippen molar-refractivity contribution in [3.63, 3.8) is 0 Å². The molecule has 0 spiro atoms. The van der Waals surface area contributed by atoms with Gasteiger partial charge in [0.15, 0.2) is 0 Å². The lowest BCUT2D eigenvalue weighted by molar-refractivity contribution is 0.0660. The molecule has 0 unspecified atom stereocenters. The Morgan fingerprint density at radius 3 is 2.92 bits per heavy atom. The molecule has 2 rings (SSSR count). The Morgan fingerprint density at radius 1 is 1.54 bits per heavy atom. The molecular formula is C9H14N2O2. The Bertz CT molecular complexity index is 266. The Balaban J connectivity index is 2.05. The minimum Gasteiger partial charge on any atom is -0.390 e. The van der Waals surface area contributed by atoms with E-state index < -0.39 is 0 Å². The van der Waals surface area contributed by atoms with Crippen molar-refractivity contribution in [1.82, 2.24) is 9.78 Å². The predicted octanol–water partition coefficient (Wildman–Crippen LogP) is 0.727. The fourth-order valence-electron chi connectivity index (χ4n) is 1.61. The highest BCUT2D eigenvalue weighted by Gasteiger charge is 2.15. The molecule has 0 aromatic carbocycles. The molecule has 1 fully saturated rings. The van der Waals surface area contributed by atoms with Gasteiger partial charge in [0.05, 0.1) is 18.3 Å². The third-order valence-corrected chi connectivity index (χ3v) is 2.39. The van der Waals surface area contributed by atoms with E-state index in [-0.39, 0.29) is 6.61 Å². The molecule has 2 heterocycles. The SMILES string of the molecule is OCc1ccn(C2CCOCC2)n1. The zero-order valence-electron chi connectivity index (χ0n) is 7.52. The average molecular weight is 182 g/mol. The van der Waals surface area contributed by atoms with E-state index >= 15 is 0 Å². The number of ether oxygens (including phenoxy) is 1. The van der Waals surface area contributed by atoms with E-state index in [1.807, 2.05) is 16.9 Å². The van der Waals surface area contributed by atoms with Crippen molar-refractivity contribution in [2.24, 2.45) is 0 Å². The van der Waals surface area contributed by atoms with Crippen molar-refractivity contribution in [3.05, 3.63) is 18.0 Å². The van der Waals surface area contributed by atoms with E-state index in [0.717, 1.165) is 31.7 Å². The number of aliphatic hydroxyl groups excluding tert-OH is 1. The summed E-state index contributed by atoms with van der Waals surface area (Å²) in [5.41, 5.74) is 0.742. The lowest BCUT2D eigenvalue weighted by Gasteiger charge is -2.22. The molecule has 4 nitrogen and oxygen atoms in total. The second-order valence-electron chi connectivity index (χ2n) is 3.29. The van der Waals surface area contributed by atoms with Gasteiger partial charge in [-0.3, -0.25) is 4.68 Å². The number of aliphatic hydroxyl groups is 1. The molecule has 1 aliphatic rings. The van der Waals surface area contributed by atoms with E-state index in [4.69, 9.17) is 9.84 Å². The van der Waals surface area contributed by atoms with Gasteiger partial charge in [0, 0.05) is 19.4 Å². The van der Waals surface area contributed by atoms with E-state index in [9.17, 15) is 0 Å². The highest BCUT2D eigenvalue weighted by Crippen LogP contribution is 2.19. The number of aromatic nitrogens is 2. The maximum atomic E-state index is 8.85. The molecule has 0 saturated carbocycles. The molecule has 4 heteroatoms. The summed E-state index contributed by atoms with van der Waals surface area (Å²) in [6.07, 6.45) is 3.97. The van der Waals surface area contributed by atoms with Gasteiger partial charge in [0.2, 0.25) is 0 Å². The lowest BCUT2D eigenvalue weighted by Crippen LogP contribution is -2.20. The Morgan fingerprint density at radius 2 is 2.31 bits per heavy atom. The average Bonchev–Trinajstić information content (AvgIpc) is 2.67. The van der Waals surface area contributed by atoms with Crippen LogP contribution in [0.5, 0.6) is 0 Å². The Hall–Kier alpha value is -0.870. The largest absolute Gasteiger partial charge is 0.390 e. The summed E-state index contributed by atoms with van der Waals surface area (Å²) in [6.45, 7) is 1.66. The summed E-state index contributed by atoms with van der Waals surface area (Å²) in [6, 6.07) is 2.31. The van der Waals surface area contributed by atoms with E-state index in [0.29, 0.717) is 6.04 Å². The van der Waals surface area contributed by atoms with Crippen molar-refractivity contribution in [2.75, 3.05) is 13.2 Å². The van der Waals surface area contributed by atoms with Crippen molar-refractivity contribution in [1.29, 1.82) is 0 Å². The second-order valence-corrected chi connectivity index (χ2v) is 3.29. The maximum Gasteiger partial charge on any atom is 0.0879 e. The van der Waals surface area contributed by atoms with Gasteiger partial charge in [-0.25, -0.2) is 0 Å². The van der Waals surface area contributed by atoms with Crippen LogP contribution in [0.25, 0.3) is 0 Å². The molecule has 1 aliphatic heterocycles. The monoisotopic (exact) mass is 182 g/mol. The second kappa shape index (κ2) is 3.89. The Kier molecular flexibility index (Phi) is 2.61. The van der Waals surface area contributed by atoms with Gasteiger partial charge >= 0.3 is 0 Å². The van der Waals surface area contributed by atoms with E-state index in [1.165, 1.54) is 0 Å². The van der Waals surface area contributed by atoms with Crippen LogP contribution < -0.4 is 0 Å². The van der Waals surface area contributed by atoms with Gasteiger partial charge in [-0.15, -0.1) is 0 Å². The van der Waals surface area contributed by atoms with Crippen molar-refractivity contribution in [2.45, 2.75) is 25.5 Å². The highest BCUT2D eigenvalue weighted by atomic mass is 16.5. The molecule has 1 aromatic heterocycles. The van der Waals surface area contributed by atoms with Crippen molar-refractivity contribution >= 4 is 0 Å². The molecule has 0 radical (unpaired) electrons.